The van der Waals surface area contributed by atoms with Crippen molar-refractivity contribution < 1.29 is 9.53 Å². The van der Waals surface area contributed by atoms with E-state index in [2.05, 4.69) is 41.4 Å². The summed E-state index contributed by atoms with van der Waals surface area (Å²) in [6, 6.07) is 28.1. The molecule has 0 aliphatic rings. The number of nitrogens with one attached hydrogen (secondary N) is 1. The van der Waals surface area contributed by atoms with Crippen molar-refractivity contribution in [3.8, 4) is 0 Å². The summed E-state index contributed by atoms with van der Waals surface area (Å²) >= 11 is 0. The van der Waals surface area contributed by atoms with E-state index in [0.717, 1.165) is 33.3 Å². The summed E-state index contributed by atoms with van der Waals surface area (Å²) in [5, 5.41) is 0.975. The maximum atomic E-state index is 11.8. The zero-order valence-corrected chi connectivity index (χ0v) is 15.0. The first-order valence-electron chi connectivity index (χ1n) is 8.78. The fraction of sp³-hybridized carbons (Fsp3) is 0.0417. The molecule has 0 aliphatic heterocycles. The third kappa shape index (κ3) is 3.53. The summed E-state index contributed by atoms with van der Waals surface area (Å²) in [6.45, 7) is 0. The Morgan fingerprint density at radius 3 is 2.26 bits per heavy atom. The predicted molar refractivity (Wildman–Crippen MR) is 109 cm³/mol. The SMILES string of the molecule is COC(=O)c1ccc2[nH]c(/C(=C\c3ccccc3)c3ccccc3)cc2c1. The zero-order valence-electron chi connectivity index (χ0n) is 15.0. The van der Waals surface area contributed by atoms with Gasteiger partial charge in [-0.2, -0.15) is 0 Å². The van der Waals surface area contributed by atoms with Crippen LogP contribution >= 0.6 is 0 Å². The minimum atomic E-state index is -0.331. The highest BCUT2D eigenvalue weighted by Crippen LogP contribution is 2.29. The number of hydrogen-bond acceptors (Lipinski definition) is 2. The molecule has 0 unspecified atom stereocenters. The van der Waals surface area contributed by atoms with Crippen molar-refractivity contribution in [1.82, 2.24) is 4.98 Å². The van der Waals surface area contributed by atoms with Gasteiger partial charge in [-0.05, 0) is 41.5 Å². The van der Waals surface area contributed by atoms with Crippen LogP contribution in [0, 0.1) is 0 Å². The number of hydrogen-bond donors (Lipinski definition) is 1. The van der Waals surface area contributed by atoms with E-state index in [1.807, 2.05) is 48.5 Å². The lowest BCUT2D eigenvalue weighted by molar-refractivity contribution is 0.0601. The quantitative estimate of drug-likeness (QED) is 0.386. The van der Waals surface area contributed by atoms with Gasteiger partial charge in [-0.15, -0.1) is 0 Å². The van der Waals surface area contributed by atoms with Crippen LogP contribution in [0.3, 0.4) is 0 Å². The average molecular weight is 353 g/mol. The Morgan fingerprint density at radius 1 is 0.852 bits per heavy atom. The molecule has 27 heavy (non-hydrogen) atoms. The highest BCUT2D eigenvalue weighted by atomic mass is 16.5. The topological polar surface area (TPSA) is 42.1 Å². The Hall–Kier alpha value is -3.59. The van der Waals surface area contributed by atoms with Gasteiger partial charge in [-0.25, -0.2) is 4.79 Å². The Labute approximate surface area is 157 Å². The lowest BCUT2D eigenvalue weighted by Crippen LogP contribution is -2.00. The van der Waals surface area contributed by atoms with Crippen LogP contribution in [0.1, 0.15) is 27.2 Å². The van der Waals surface area contributed by atoms with Gasteiger partial charge in [0.05, 0.1) is 12.7 Å². The van der Waals surface area contributed by atoms with E-state index in [9.17, 15) is 4.79 Å². The second-order valence-electron chi connectivity index (χ2n) is 6.31. The monoisotopic (exact) mass is 353 g/mol. The molecule has 3 heteroatoms. The smallest absolute Gasteiger partial charge is 0.337 e. The Kier molecular flexibility index (Phi) is 4.58. The van der Waals surface area contributed by atoms with Gasteiger partial charge in [0.15, 0.2) is 0 Å². The van der Waals surface area contributed by atoms with E-state index >= 15 is 0 Å². The highest BCUT2D eigenvalue weighted by molar-refractivity contribution is 5.98. The first kappa shape index (κ1) is 16.9. The summed E-state index contributed by atoms with van der Waals surface area (Å²) in [5.74, 6) is -0.331. The molecule has 132 valence electrons. The molecule has 0 saturated heterocycles. The number of rotatable bonds is 4. The normalized spacial score (nSPS) is 11.5. The summed E-state index contributed by atoms with van der Waals surface area (Å²) in [7, 11) is 1.39. The molecule has 1 aromatic heterocycles. The number of fused-ring (bicyclic) bond motifs is 1. The number of methoxy groups -OCH3 is 1. The number of ether oxygens (including phenoxy) is 1. The van der Waals surface area contributed by atoms with Crippen molar-refractivity contribution in [2.24, 2.45) is 0 Å². The maximum Gasteiger partial charge on any atom is 0.337 e. The number of carbonyl (C=O) groups excluding carboxylic acids is 1. The molecule has 0 bridgehead atoms. The Morgan fingerprint density at radius 2 is 1.56 bits per heavy atom. The molecule has 4 rings (SSSR count). The number of carbonyl (C=O) groups is 1. The van der Waals surface area contributed by atoms with Crippen LogP contribution in [0.2, 0.25) is 0 Å². The number of H-pyrrole nitrogens is 1. The maximum absolute atomic E-state index is 11.8. The molecule has 3 aromatic carbocycles. The summed E-state index contributed by atoms with van der Waals surface area (Å²) in [5.41, 5.74) is 5.88. The molecule has 0 atom stereocenters. The van der Waals surface area contributed by atoms with Crippen LogP contribution in [-0.2, 0) is 4.74 Å². The van der Waals surface area contributed by atoms with Crippen LogP contribution in [0.4, 0.5) is 0 Å². The number of aromatic nitrogens is 1. The van der Waals surface area contributed by atoms with Crippen molar-refractivity contribution in [2.45, 2.75) is 0 Å². The molecule has 0 radical (unpaired) electrons. The Bertz CT molecular complexity index is 1110. The Balaban J connectivity index is 1.85. The summed E-state index contributed by atoms with van der Waals surface area (Å²) < 4.78 is 4.83. The average Bonchev–Trinajstić information content (AvgIpc) is 3.15. The third-order valence-corrected chi connectivity index (χ3v) is 4.53. The van der Waals surface area contributed by atoms with Gasteiger partial charge in [0.1, 0.15) is 0 Å². The molecule has 0 amide bonds. The molecule has 4 aromatic rings. The van der Waals surface area contributed by atoms with Gasteiger partial charge < -0.3 is 9.72 Å². The van der Waals surface area contributed by atoms with Crippen molar-refractivity contribution in [3.63, 3.8) is 0 Å². The van der Waals surface area contributed by atoms with Crippen LogP contribution in [0.5, 0.6) is 0 Å². The van der Waals surface area contributed by atoms with E-state index in [-0.39, 0.29) is 5.97 Å². The van der Waals surface area contributed by atoms with Crippen molar-refractivity contribution >= 4 is 28.5 Å². The molecular formula is C24H19NO2. The predicted octanol–water partition coefficient (Wildman–Crippen LogP) is 5.54. The van der Waals surface area contributed by atoms with Crippen molar-refractivity contribution in [3.05, 3.63) is 107 Å². The summed E-state index contributed by atoms with van der Waals surface area (Å²) in [6.07, 6.45) is 2.17. The van der Waals surface area contributed by atoms with Gasteiger partial charge in [0.25, 0.3) is 0 Å². The van der Waals surface area contributed by atoms with Crippen molar-refractivity contribution in [1.29, 1.82) is 0 Å². The first-order valence-corrected chi connectivity index (χ1v) is 8.78. The number of benzene rings is 3. The minimum absolute atomic E-state index is 0.331. The second kappa shape index (κ2) is 7.34. The standard InChI is InChI=1S/C24H19NO2/c1-27-24(26)19-12-13-22-20(15-19)16-23(25-22)21(18-10-6-3-7-11-18)14-17-8-4-2-5-9-17/h2-16,25H,1H3/b21-14-. The van der Waals surface area contributed by atoms with Crippen LogP contribution < -0.4 is 0 Å². The fourth-order valence-electron chi connectivity index (χ4n) is 3.17. The zero-order chi connectivity index (χ0) is 18.6. The van der Waals surface area contributed by atoms with Crippen LogP contribution in [0.15, 0.2) is 84.9 Å². The van der Waals surface area contributed by atoms with E-state index in [1.54, 1.807) is 6.07 Å². The third-order valence-electron chi connectivity index (χ3n) is 4.53. The van der Waals surface area contributed by atoms with Crippen LogP contribution in [-0.4, -0.2) is 18.1 Å². The molecule has 0 fully saturated rings. The largest absolute Gasteiger partial charge is 0.465 e. The number of aromatic amines is 1. The fourth-order valence-corrected chi connectivity index (χ4v) is 3.17. The second-order valence-corrected chi connectivity index (χ2v) is 6.31. The van der Waals surface area contributed by atoms with Crippen LogP contribution in [0.25, 0.3) is 22.6 Å². The molecule has 0 saturated carbocycles. The molecule has 1 N–H and O–H groups in total. The highest BCUT2D eigenvalue weighted by Gasteiger charge is 2.11. The molecule has 0 spiro atoms. The van der Waals surface area contributed by atoms with E-state index in [4.69, 9.17) is 4.74 Å². The lowest BCUT2D eigenvalue weighted by Gasteiger charge is -2.06. The van der Waals surface area contributed by atoms with Gasteiger partial charge in [-0.3, -0.25) is 0 Å². The van der Waals surface area contributed by atoms with Gasteiger partial charge in [0, 0.05) is 22.2 Å². The number of esters is 1. The van der Waals surface area contributed by atoms with Gasteiger partial charge >= 0.3 is 5.97 Å². The molecule has 0 aliphatic carbocycles. The van der Waals surface area contributed by atoms with Crippen molar-refractivity contribution in [2.75, 3.05) is 7.11 Å². The minimum Gasteiger partial charge on any atom is -0.465 e. The molecule has 1 heterocycles. The summed E-state index contributed by atoms with van der Waals surface area (Å²) in [4.78, 5) is 15.3. The van der Waals surface area contributed by atoms with E-state index in [0.29, 0.717) is 5.56 Å². The molecular weight excluding hydrogens is 334 g/mol. The van der Waals surface area contributed by atoms with Gasteiger partial charge in [0.2, 0.25) is 0 Å². The van der Waals surface area contributed by atoms with E-state index < -0.39 is 0 Å². The van der Waals surface area contributed by atoms with Gasteiger partial charge in [-0.1, -0.05) is 60.7 Å². The lowest BCUT2D eigenvalue weighted by atomic mass is 10.00. The first-order chi connectivity index (χ1) is 13.2. The van der Waals surface area contributed by atoms with E-state index in [1.165, 1.54) is 7.11 Å². The molecule has 3 nitrogen and oxygen atoms in total.